The number of ether oxygens (including phenoxy) is 1. The molecule has 0 aliphatic rings. The number of carbonyl (C=O) groups is 1. The van der Waals surface area contributed by atoms with E-state index in [0.29, 0.717) is 40.0 Å². The first-order valence-electron chi connectivity index (χ1n) is 6.94. The largest absolute Gasteiger partial charge is 0.377 e. The Hall–Kier alpha value is -0.270. The third-order valence-corrected chi connectivity index (χ3v) is 4.48. The fraction of sp³-hybridized carbons (Fsp3) is 0.357. The molecule has 21 heavy (non-hydrogen) atoms. The summed E-state index contributed by atoms with van der Waals surface area (Å²) in [5.74, 6) is 0.0583. The average molecular weight is 439 g/mol. The second-order valence-electron chi connectivity index (χ2n) is 4.44. The number of aromatic nitrogens is 1. The molecule has 0 N–H and O–H groups in total. The first kappa shape index (κ1) is 15.6. The van der Waals surface area contributed by atoms with Gasteiger partial charge in [0.1, 0.15) is 1.28 Å². The molecule has 4 nitrogen and oxygen atoms in total. The third-order valence-electron chi connectivity index (χ3n) is 3.04. The highest BCUT2D eigenvalue weighted by Gasteiger charge is 2.11. The number of fused-ring (bicyclic) bond motifs is 1. The van der Waals surface area contributed by atoms with Crippen LogP contribution in [0, 0.1) is 0 Å². The van der Waals surface area contributed by atoms with Crippen LogP contribution in [0.5, 0.6) is 0 Å². The molecule has 1 aromatic carbocycles. The Morgan fingerprint density at radius 2 is 2.24 bits per heavy atom. The summed E-state index contributed by atoms with van der Waals surface area (Å²) in [6.07, 6.45) is 0. The summed E-state index contributed by atoms with van der Waals surface area (Å²) >= 11 is 2.10. The molecule has 114 valence electrons. The van der Waals surface area contributed by atoms with E-state index in [1.807, 2.05) is 34.9 Å². The number of hydrogen-bond donors (Lipinski definition) is 0. The Kier molecular flexibility index (Phi) is 6.24. The Bertz CT molecular complexity index is 692. The molecule has 1 atom stereocenters. The summed E-state index contributed by atoms with van der Waals surface area (Å²) in [6, 6.07) is 9.89. The maximum absolute atomic E-state index is 11.8. The van der Waals surface area contributed by atoms with Gasteiger partial charge < -0.3 is 13.5 Å². The van der Waals surface area contributed by atoms with Crippen molar-refractivity contribution >= 4 is 53.4 Å². The van der Waals surface area contributed by atoms with Gasteiger partial charge in [-0.1, -0.05) is 26.2 Å². The van der Waals surface area contributed by atoms with E-state index in [1.165, 1.54) is 0 Å². The van der Waals surface area contributed by atoms with E-state index in [4.69, 9.17) is 10.2 Å². The molecule has 0 aliphatic heterocycles. The van der Waals surface area contributed by atoms with Gasteiger partial charge in [-0.25, -0.2) is 0 Å². The van der Waals surface area contributed by atoms with Crippen LogP contribution in [0.15, 0.2) is 30.3 Å². The van der Waals surface area contributed by atoms with Crippen molar-refractivity contribution in [3.8, 4) is 0 Å². The zero-order chi connectivity index (χ0) is 15.9. The van der Waals surface area contributed by atoms with Crippen LogP contribution in [0.3, 0.4) is 0 Å². The van der Waals surface area contributed by atoms with Gasteiger partial charge in [0.25, 0.3) is 0 Å². The third kappa shape index (κ3) is 4.86. The lowest BCUT2D eigenvalue weighted by Crippen LogP contribution is -2.13. The first-order valence-corrected chi connectivity index (χ1v) is 11.2. The standard InChI is InChI=1S/C14H17INO3PS/c1-11(17)14-10-12-4-2-3-5-13(12)16(14)6-7-18-8-9-19-21(15)20/h2-5,10,20H,6-9H2,1H3/i20T. The van der Waals surface area contributed by atoms with E-state index in [0.717, 1.165) is 10.9 Å². The fourth-order valence-corrected chi connectivity index (χ4v) is 3.13. The highest BCUT2D eigenvalue weighted by molar-refractivity contribution is 14.2. The summed E-state index contributed by atoms with van der Waals surface area (Å²) in [7, 11) is 0.135. The zero-order valence-electron chi connectivity index (χ0n) is 12.6. The normalized spacial score (nSPS) is 13.5. The highest BCUT2D eigenvalue weighted by Crippen LogP contribution is 2.20. The van der Waals surface area contributed by atoms with E-state index in [1.54, 1.807) is 6.92 Å². The van der Waals surface area contributed by atoms with Crippen LogP contribution in [0.25, 0.3) is 10.9 Å². The summed E-state index contributed by atoms with van der Waals surface area (Å²) in [4.78, 5) is 11.8. The van der Waals surface area contributed by atoms with Crippen molar-refractivity contribution in [3.63, 3.8) is 0 Å². The number of nitrogens with zero attached hydrogens (tertiary/aromatic N) is 1. The van der Waals surface area contributed by atoms with Crippen LogP contribution in [-0.2, 0) is 23.0 Å². The number of ketones is 1. The minimum atomic E-state index is -0.361. The Morgan fingerprint density at radius 3 is 3.00 bits per heavy atom. The second-order valence-corrected chi connectivity index (χ2v) is 10.6. The monoisotopic (exact) mass is 439 g/mol. The molecule has 7 heteroatoms. The van der Waals surface area contributed by atoms with Gasteiger partial charge in [-0.3, -0.25) is 4.79 Å². The molecule has 1 aromatic heterocycles. The predicted octanol–water partition coefficient (Wildman–Crippen LogP) is 3.82. The van der Waals surface area contributed by atoms with Gasteiger partial charge >= 0.3 is 0 Å². The molecule has 0 spiro atoms. The van der Waals surface area contributed by atoms with Gasteiger partial charge in [0.15, 0.2) is 5.78 Å². The molecule has 0 aliphatic carbocycles. The van der Waals surface area contributed by atoms with Crippen LogP contribution in [-0.4, -0.2) is 31.4 Å². The topological polar surface area (TPSA) is 40.5 Å². The molecule has 2 rings (SSSR count). The minimum Gasteiger partial charge on any atom is -0.377 e. The molecule has 2 aromatic rings. The molecule has 1 unspecified atom stereocenters. The van der Waals surface area contributed by atoms with Gasteiger partial charge in [0.2, 0.25) is 0 Å². The van der Waals surface area contributed by atoms with Crippen molar-refractivity contribution in [3.05, 3.63) is 36.0 Å². The van der Waals surface area contributed by atoms with E-state index in [9.17, 15) is 4.79 Å². The summed E-state index contributed by atoms with van der Waals surface area (Å²) in [5.41, 5.74) is 1.76. The van der Waals surface area contributed by atoms with Gasteiger partial charge in [0.05, 0.1) is 25.5 Å². The maximum Gasteiger partial charge on any atom is 0.176 e. The quantitative estimate of drug-likeness (QED) is 0.272. The van der Waals surface area contributed by atoms with Gasteiger partial charge in [0, 0.05) is 53.1 Å². The summed E-state index contributed by atoms with van der Waals surface area (Å²) in [6.45, 7) is 3.73. The average Bonchev–Trinajstić information content (AvgIpc) is 2.89. The lowest BCUT2D eigenvalue weighted by Gasteiger charge is -2.10. The Morgan fingerprint density at radius 1 is 1.43 bits per heavy atom. The first-order chi connectivity index (χ1) is 10.6. The summed E-state index contributed by atoms with van der Waals surface area (Å²) < 4.78 is 20.1. The number of para-hydroxylation sites is 1. The summed E-state index contributed by atoms with van der Waals surface area (Å²) in [5, 5.41) is 1.07. The number of benzene rings is 1. The molecule has 0 radical (unpaired) electrons. The SMILES string of the molecule is [3H]P=S(I)OCCOCCn1c(C(C)=O)cc2ccccc21. The molecule has 0 saturated heterocycles. The number of Topliss-reactive ketones (excluding diaryl/α,β-unsaturated/α-hetero) is 1. The smallest absolute Gasteiger partial charge is 0.176 e. The van der Waals surface area contributed by atoms with E-state index in [-0.39, 0.29) is 13.3 Å². The second kappa shape index (κ2) is 8.39. The Labute approximate surface area is 142 Å². The van der Waals surface area contributed by atoms with Crippen molar-refractivity contribution in [2.75, 3.05) is 19.8 Å². The number of carbonyl (C=O) groups excluding carboxylic acids is 1. The van der Waals surface area contributed by atoms with Crippen LogP contribution >= 0.6 is 29.2 Å². The van der Waals surface area contributed by atoms with Gasteiger partial charge in [-0.2, -0.15) is 0 Å². The lowest BCUT2D eigenvalue weighted by atomic mass is 10.2. The molecule has 0 saturated carbocycles. The van der Waals surface area contributed by atoms with Crippen molar-refractivity contribution < 1.29 is 13.7 Å². The van der Waals surface area contributed by atoms with E-state index in [2.05, 4.69) is 21.2 Å². The lowest BCUT2D eigenvalue weighted by molar-refractivity contribution is 0.0963. The van der Waals surface area contributed by atoms with Crippen molar-refractivity contribution in [2.45, 2.75) is 13.5 Å². The van der Waals surface area contributed by atoms with Crippen molar-refractivity contribution in [1.82, 2.24) is 4.57 Å². The van der Waals surface area contributed by atoms with Crippen LogP contribution in [0.1, 0.15) is 17.4 Å². The molecular formula is C14H17INO3PS. The fourth-order valence-electron chi connectivity index (χ4n) is 2.16. The molecule has 0 fully saturated rings. The van der Waals surface area contributed by atoms with Crippen LogP contribution in [0.4, 0.5) is 0 Å². The van der Waals surface area contributed by atoms with Crippen LogP contribution in [0.2, 0.25) is 0 Å². The van der Waals surface area contributed by atoms with Crippen LogP contribution < -0.4 is 0 Å². The zero-order valence-corrected chi connectivity index (χ0v) is 15.5. The molecule has 0 bridgehead atoms. The van der Waals surface area contributed by atoms with Crippen molar-refractivity contribution in [2.24, 2.45) is 0 Å². The number of hydrogen-bond acceptors (Lipinski definition) is 3. The van der Waals surface area contributed by atoms with E-state index >= 15 is 0 Å². The van der Waals surface area contributed by atoms with Crippen molar-refractivity contribution in [1.29, 1.82) is 1.28 Å². The minimum absolute atomic E-state index is 0.0583. The molecule has 1 heterocycles. The number of rotatable bonds is 8. The van der Waals surface area contributed by atoms with Gasteiger partial charge in [-0.05, 0) is 12.1 Å². The molecular weight excluding hydrogens is 420 g/mol. The Balaban J connectivity index is 1.93. The maximum atomic E-state index is 11.8. The highest BCUT2D eigenvalue weighted by atomic mass is 127. The molecule has 0 amide bonds. The van der Waals surface area contributed by atoms with Gasteiger partial charge in [-0.15, -0.1) is 0 Å². The number of halogens is 1. The van der Waals surface area contributed by atoms with E-state index < -0.39 is 0 Å². The predicted molar refractivity (Wildman–Crippen MR) is 98.4 cm³/mol.